The van der Waals surface area contributed by atoms with Crippen molar-refractivity contribution in [2.75, 3.05) is 6.54 Å². The Morgan fingerprint density at radius 1 is 0.971 bits per heavy atom. The minimum Gasteiger partial charge on any atom is -0.327 e. The molecule has 1 heterocycles. The van der Waals surface area contributed by atoms with E-state index in [9.17, 15) is 4.39 Å². The highest BCUT2D eigenvalue weighted by atomic mass is 19.1. The number of imidazole rings is 1. The van der Waals surface area contributed by atoms with Gasteiger partial charge >= 0.3 is 0 Å². The number of aryl methyl sites for hydroxylation is 2. The zero-order chi connectivity index (χ0) is 23.9. The second kappa shape index (κ2) is 11.8. The van der Waals surface area contributed by atoms with E-state index in [0.717, 1.165) is 56.3 Å². The monoisotopic (exact) mass is 461 g/mol. The molecule has 1 aliphatic carbocycles. The number of hydrogen-bond donors (Lipinski definition) is 0. The first-order valence-electron chi connectivity index (χ1n) is 13.1. The molecular formula is C30H40FN3. The van der Waals surface area contributed by atoms with Gasteiger partial charge in [0.1, 0.15) is 11.6 Å². The first-order chi connectivity index (χ1) is 16.5. The molecule has 34 heavy (non-hydrogen) atoms. The molecule has 4 rings (SSSR count). The molecular weight excluding hydrogens is 421 g/mol. The Balaban J connectivity index is 1.60. The maximum absolute atomic E-state index is 13.5. The van der Waals surface area contributed by atoms with Crippen LogP contribution in [0.25, 0.3) is 11.4 Å². The van der Waals surface area contributed by atoms with E-state index in [4.69, 9.17) is 4.98 Å². The van der Waals surface area contributed by atoms with Crippen LogP contribution in [-0.4, -0.2) is 21.0 Å². The van der Waals surface area contributed by atoms with E-state index in [2.05, 4.69) is 48.4 Å². The van der Waals surface area contributed by atoms with Gasteiger partial charge in [-0.2, -0.15) is 0 Å². The summed E-state index contributed by atoms with van der Waals surface area (Å²) in [6.45, 7) is 10.5. The molecule has 0 N–H and O–H groups in total. The van der Waals surface area contributed by atoms with Crippen molar-refractivity contribution in [3.63, 3.8) is 0 Å². The van der Waals surface area contributed by atoms with Crippen LogP contribution in [0.5, 0.6) is 0 Å². The minimum absolute atomic E-state index is 0.206. The molecule has 2 aromatic carbocycles. The molecule has 182 valence electrons. The lowest BCUT2D eigenvalue weighted by atomic mass is 9.89. The summed E-state index contributed by atoms with van der Waals surface area (Å²) in [6.07, 6.45) is 11.1. The summed E-state index contributed by atoms with van der Waals surface area (Å²) >= 11 is 0. The van der Waals surface area contributed by atoms with Crippen molar-refractivity contribution in [1.82, 2.24) is 14.5 Å². The molecule has 0 aliphatic heterocycles. The molecule has 0 spiro atoms. The number of halogens is 1. The third-order valence-corrected chi connectivity index (χ3v) is 7.38. The van der Waals surface area contributed by atoms with Crippen LogP contribution in [-0.2, 0) is 19.6 Å². The summed E-state index contributed by atoms with van der Waals surface area (Å²) in [7, 11) is 0. The first-order valence-corrected chi connectivity index (χ1v) is 13.1. The van der Waals surface area contributed by atoms with Crippen molar-refractivity contribution in [3.8, 4) is 11.4 Å². The molecule has 3 nitrogen and oxygen atoms in total. The van der Waals surface area contributed by atoms with Crippen LogP contribution in [0.2, 0.25) is 0 Å². The summed E-state index contributed by atoms with van der Waals surface area (Å²) in [4.78, 5) is 7.45. The molecule has 1 saturated carbocycles. The van der Waals surface area contributed by atoms with E-state index >= 15 is 0 Å². The predicted octanol–water partition coefficient (Wildman–Crippen LogP) is 7.69. The van der Waals surface area contributed by atoms with Crippen molar-refractivity contribution in [1.29, 1.82) is 0 Å². The molecule has 0 saturated heterocycles. The maximum atomic E-state index is 13.5. The van der Waals surface area contributed by atoms with Gasteiger partial charge in [-0.05, 0) is 80.0 Å². The second-order valence-corrected chi connectivity index (χ2v) is 10.2. The van der Waals surface area contributed by atoms with Gasteiger partial charge in [0.2, 0.25) is 0 Å². The van der Waals surface area contributed by atoms with Crippen LogP contribution < -0.4 is 0 Å². The molecule has 3 aromatic rings. The summed E-state index contributed by atoms with van der Waals surface area (Å²) in [5, 5.41) is 0. The molecule has 4 heteroatoms. The average Bonchev–Trinajstić information content (AvgIpc) is 3.23. The third-order valence-electron chi connectivity index (χ3n) is 7.38. The number of rotatable bonds is 10. The zero-order valence-corrected chi connectivity index (χ0v) is 21.2. The Kier molecular flexibility index (Phi) is 8.55. The molecule has 1 aliphatic rings. The first kappa shape index (κ1) is 24.7. The van der Waals surface area contributed by atoms with Gasteiger partial charge in [-0.3, -0.25) is 4.90 Å². The van der Waals surface area contributed by atoms with Crippen LogP contribution in [0.15, 0.2) is 48.7 Å². The number of aromatic nitrogens is 2. The largest absolute Gasteiger partial charge is 0.327 e. The zero-order valence-electron chi connectivity index (χ0n) is 21.2. The third kappa shape index (κ3) is 6.35. The highest BCUT2D eigenvalue weighted by Crippen LogP contribution is 2.27. The summed E-state index contributed by atoms with van der Waals surface area (Å²) in [5.41, 5.74) is 6.34. The maximum Gasteiger partial charge on any atom is 0.140 e. The molecule has 0 unspecified atom stereocenters. The van der Waals surface area contributed by atoms with Gasteiger partial charge in [-0.15, -0.1) is 0 Å². The number of hydrogen-bond acceptors (Lipinski definition) is 2. The van der Waals surface area contributed by atoms with Gasteiger partial charge in [0.15, 0.2) is 0 Å². The van der Waals surface area contributed by atoms with Gasteiger partial charge < -0.3 is 4.57 Å². The van der Waals surface area contributed by atoms with Crippen molar-refractivity contribution < 1.29 is 4.39 Å². The average molecular weight is 462 g/mol. The fraction of sp³-hybridized carbons (Fsp3) is 0.500. The van der Waals surface area contributed by atoms with Crippen molar-refractivity contribution in [3.05, 3.63) is 76.9 Å². The quantitative estimate of drug-likeness (QED) is 0.309. The predicted molar refractivity (Wildman–Crippen MR) is 139 cm³/mol. The Bertz CT molecular complexity index is 1050. The van der Waals surface area contributed by atoms with Crippen LogP contribution in [0.4, 0.5) is 4.39 Å². The van der Waals surface area contributed by atoms with Gasteiger partial charge in [-0.25, -0.2) is 9.37 Å². The summed E-state index contributed by atoms with van der Waals surface area (Å²) in [5.74, 6) is 1.53. The minimum atomic E-state index is -0.206. The molecule has 0 amide bonds. The molecule has 1 aromatic heterocycles. The van der Waals surface area contributed by atoms with E-state index in [1.807, 2.05) is 18.3 Å². The number of benzene rings is 2. The highest BCUT2D eigenvalue weighted by molar-refractivity contribution is 5.56. The van der Waals surface area contributed by atoms with E-state index in [-0.39, 0.29) is 5.82 Å². The Morgan fingerprint density at radius 3 is 2.44 bits per heavy atom. The second-order valence-electron chi connectivity index (χ2n) is 10.2. The van der Waals surface area contributed by atoms with Gasteiger partial charge in [-0.1, -0.05) is 50.8 Å². The topological polar surface area (TPSA) is 21.1 Å². The Hall–Kier alpha value is -2.46. The number of nitrogens with zero attached hydrogens (tertiary/aromatic N) is 3. The van der Waals surface area contributed by atoms with Gasteiger partial charge in [0, 0.05) is 31.7 Å². The van der Waals surface area contributed by atoms with Crippen LogP contribution in [0.3, 0.4) is 0 Å². The standard InChI is InChI=1S/C30H40FN3/c1-4-5-17-34-29(19-32-30(34)27-13-15-28(31)16-14-27)22-33(20-25-9-7-6-8-10-25)21-26-12-11-23(2)24(3)18-26/h11-16,18-19,25H,4-10,17,20-22H2,1-3H3. The Labute approximate surface area is 205 Å². The lowest BCUT2D eigenvalue weighted by molar-refractivity contribution is 0.183. The van der Waals surface area contributed by atoms with Gasteiger partial charge in [0.25, 0.3) is 0 Å². The lowest BCUT2D eigenvalue weighted by Crippen LogP contribution is -2.31. The van der Waals surface area contributed by atoms with Crippen LogP contribution in [0, 0.1) is 25.6 Å². The van der Waals surface area contributed by atoms with Crippen molar-refractivity contribution in [2.45, 2.75) is 85.4 Å². The van der Waals surface area contributed by atoms with Crippen LogP contribution >= 0.6 is 0 Å². The van der Waals surface area contributed by atoms with E-state index in [1.165, 1.54) is 66.6 Å². The smallest absolute Gasteiger partial charge is 0.140 e. The van der Waals surface area contributed by atoms with E-state index in [0.29, 0.717) is 0 Å². The molecule has 1 fully saturated rings. The van der Waals surface area contributed by atoms with E-state index in [1.54, 1.807) is 0 Å². The van der Waals surface area contributed by atoms with E-state index < -0.39 is 0 Å². The van der Waals surface area contributed by atoms with Gasteiger partial charge in [0.05, 0.1) is 11.9 Å². The normalized spacial score (nSPS) is 14.7. The van der Waals surface area contributed by atoms with Crippen molar-refractivity contribution in [2.24, 2.45) is 5.92 Å². The molecule has 0 atom stereocenters. The summed E-state index contributed by atoms with van der Waals surface area (Å²) < 4.78 is 15.9. The Morgan fingerprint density at radius 2 is 1.74 bits per heavy atom. The molecule has 0 radical (unpaired) electrons. The molecule has 0 bridgehead atoms. The fourth-order valence-electron chi connectivity index (χ4n) is 5.24. The fourth-order valence-corrected chi connectivity index (χ4v) is 5.24. The lowest BCUT2D eigenvalue weighted by Gasteiger charge is -2.30. The summed E-state index contributed by atoms with van der Waals surface area (Å²) in [6, 6.07) is 13.6. The SMILES string of the molecule is CCCCn1c(CN(Cc2ccc(C)c(C)c2)CC2CCCCC2)cnc1-c1ccc(F)cc1. The van der Waals surface area contributed by atoms with Crippen molar-refractivity contribution >= 4 is 0 Å². The number of unbranched alkanes of at least 4 members (excludes halogenated alkanes) is 1. The van der Waals surface area contributed by atoms with Crippen LogP contribution in [0.1, 0.15) is 74.3 Å². The highest BCUT2D eigenvalue weighted by Gasteiger charge is 2.20.